The Balaban J connectivity index is 1.28. The minimum absolute atomic E-state index is 0.00706. The molecule has 2 bridgehead atoms. The number of nitrogens with zero attached hydrogens (tertiary/aromatic N) is 2. The van der Waals surface area contributed by atoms with Gasteiger partial charge < -0.3 is 19.8 Å². The van der Waals surface area contributed by atoms with E-state index < -0.39 is 11.0 Å². The van der Waals surface area contributed by atoms with E-state index >= 15 is 0 Å². The third kappa shape index (κ3) is 2.77. The number of hydrogen-bond acceptors (Lipinski definition) is 5. The van der Waals surface area contributed by atoms with Gasteiger partial charge in [-0.1, -0.05) is 31.1 Å². The van der Waals surface area contributed by atoms with Crippen molar-refractivity contribution in [2.45, 2.75) is 74.5 Å². The van der Waals surface area contributed by atoms with Gasteiger partial charge in [0.15, 0.2) is 11.5 Å². The highest BCUT2D eigenvalue weighted by molar-refractivity contribution is 5.77. The van der Waals surface area contributed by atoms with Gasteiger partial charge in [-0.15, -0.1) is 0 Å². The summed E-state index contributed by atoms with van der Waals surface area (Å²) in [6.07, 6.45) is 11.7. The highest BCUT2D eigenvalue weighted by Crippen LogP contribution is 2.63. The molecule has 176 valence electrons. The first kappa shape index (κ1) is 20.3. The molecule has 3 unspecified atom stereocenters. The van der Waals surface area contributed by atoms with Crippen LogP contribution in [-0.4, -0.2) is 69.8 Å². The Kier molecular flexibility index (Phi) is 4.30. The van der Waals surface area contributed by atoms with Gasteiger partial charge in [0.25, 0.3) is 0 Å². The average Bonchev–Trinajstić information content (AvgIpc) is 3.38. The van der Waals surface area contributed by atoms with E-state index in [-0.39, 0.29) is 23.8 Å². The van der Waals surface area contributed by atoms with E-state index in [1.54, 1.807) is 6.07 Å². The van der Waals surface area contributed by atoms with Gasteiger partial charge in [0, 0.05) is 37.0 Å². The van der Waals surface area contributed by atoms with E-state index in [9.17, 15) is 15.0 Å². The van der Waals surface area contributed by atoms with Crippen molar-refractivity contribution in [3.8, 4) is 11.5 Å². The van der Waals surface area contributed by atoms with Crippen molar-refractivity contribution < 1.29 is 19.7 Å². The van der Waals surface area contributed by atoms with Crippen LogP contribution in [-0.2, 0) is 16.6 Å². The fourth-order valence-corrected chi connectivity index (χ4v) is 8.06. The Hall–Kier alpha value is -2.05. The molecule has 0 radical (unpaired) electrons. The second-order valence-electron chi connectivity index (χ2n) is 11.4. The number of carbonyl (C=O) groups excluding carboxylic acids is 1. The maximum absolute atomic E-state index is 13.4. The van der Waals surface area contributed by atoms with Gasteiger partial charge in [-0.3, -0.25) is 9.69 Å². The number of carbonyl (C=O) groups is 1. The number of aromatic hydroxyl groups is 1. The van der Waals surface area contributed by atoms with Gasteiger partial charge in [0.1, 0.15) is 6.10 Å². The molecule has 2 saturated heterocycles. The van der Waals surface area contributed by atoms with E-state index in [2.05, 4.69) is 17.1 Å². The van der Waals surface area contributed by atoms with E-state index in [1.807, 2.05) is 11.0 Å². The zero-order valence-electron chi connectivity index (χ0n) is 19.2. The zero-order chi connectivity index (χ0) is 22.4. The lowest BCUT2D eigenvalue weighted by Crippen LogP contribution is -2.74. The molecule has 1 spiro atoms. The molecule has 1 amide bonds. The van der Waals surface area contributed by atoms with Gasteiger partial charge in [0.05, 0.1) is 17.6 Å². The Morgan fingerprint density at radius 1 is 1.15 bits per heavy atom. The average molecular weight is 451 g/mol. The molecule has 3 aliphatic carbocycles. The van der Waals surface area contributed by atoms with E-state index in [4.69, 9.17) is 4.74 Å². The molecular formula is C27H34N2O4. The fourth-order valence-electron chi connectivity index (χ4n) is 8.06. The van der Waals surface area contributed by atoms with Gasteiger partial charge in [-0.05, 0) is 56.2 Å². The summed E-state index contributed by atoms with van der Waals surface area (Å²) in [7, 11) is 0. The molecule has 4 atom stereocenters. The van der Waals surface area contributed by atoms with Crippen molar-refractivity contribution >= 4 is 5.91 Å². The van der Waals surface area contributed by atoms with Crippen LogP contribution in [0.3, 0.4) is 0 Å². The van der Waals surface area contributed by atoms with Crippen molar-refractivity contribution in [3.05, 3.63) is 35.4 Å². The van der Waals surface area contributed by atoms with Gasteiger partial charge in [0.2, 0.25) is 5.91 Å². The number of phenolic OH excluding ortho intramolecular Hbond substituents is 1. The number of likely N-dealkylation sites (tertiary alicyclic amines) is 2. The summed E-state index contributed by atoms with van der Waals surface area (Å²) in [4.78, 5) is 17.8. The molecule has 33 heavy (non-hydrogen) atoms. The number of amides is 1. The van der Waals surface area contributed by atoms with E-state index in [0.717, 1.165) is 44.3 Å². The Bertz CT molecular complexity index is 1030. The van der Waals surface area contributed by atoms with E-state index in [0.29, 0.717) is 43.5 Å². The first-order valence-corrected chi connectivity index (χ1v) is 12.9. The lowest BCUT2D eigenvalue weighted by molar-refractivity contribution is -0.162. The molecule has 3 aliphatic heterocycles. The van der Waals surface area contributed by atoms with Crippen molar-refractivity contribution in [2.75, 3.05) is 26.2 Å². The smallest absolute Gasteiger partial charge is 0.222 e. The predicted octanol–water partition coefficient (Wildman–Crippen LogP) is 2.75. The molecular weight excluding hydrogens is 416 g/mol. The molecule has 3 fully saturated rings. The molecule has 6 aliphatic rings. The van der Waals surface area contributed by atoms with Crippen LogP contribution in [0.25, 0.3) is 0 Å². The molecule has 3 heterocycles. The summed E-state index contributed by atoms with van der Waals surface area (Å²) in [6.45, 7) is 2.95. The molecule has 6 heteroatoms. The summed E-state index contributed by atoms with van der Waals surface area (Å²) >= 11 is 0. The number of ether oxygens (including phenoxy) is 1. The SMILES string of the molecule is O=C(CC1CCCC1)N1CCC2(O)C3Cc4ccc(O)c5c4C2(CCN3CC2C=C2)[C@H](C1)O5. The maximum Gasteiger partial charge on any atom is 0.222 e. The first-order chi connectivity index (χ1) is 16.0. The van der Waals surface area contributed by atoms with Crippen molar-refractivity contribution in [1.82, 2.24) is 9.80 Å². The lowest BCUT2D eigenvalue weighted by atomic mass is 9.52. The number of hydrogen-bond donors (Lipinski definition) is 2. The second kappa shape index (κ2) is 6.98. The van der Waals surface area contributed by atoms with E-state index in [1.165, 1.54) is 18.4 Å². The Labute approximate surface area is 195 Å². The quantitative estimate of drug-likeness (QED) is 0.690. The topological polar surface area (TPSA) is 73.2 Å². The first-order valence-electron chi connectivity index (χ1n) is 12.9. The number of piperidine rings is 1. The summed E-state index contributed by atoms with van der Waals surface area (Å²) < 4.78 is 6.50. The minimum atomic E-state index is -0.973. The third-order valence-electron chi connectivity index (χ3n) is 9.80. The van der Waals surface area contributed by atoms with Gasteiger partial charge in [-0.2, -0.15) is 0 Å². The van der Waals surface area contributed by atoms with Crippen molar-refractivity contribution in [1.29, 1.82) is 0 Å². The molecule has 6 nitrogen and oxygen atoms in total. The summed E-state index contributed by atoms with van der Waals surface area (Å²) in [5.41, 5.74) is 0.689. The number of benzene rings is 1. The van der Waals surface area contributed by atoms with Crippen LogP contribution in [0.4, 0.5) is 0 Å². The Morgan fingerprint density at radius 3 is 2.76 bits per heavy atom. The van der Waals surface area contributed by atoms with Crippen molar-refractivity contribution in [2.24, 2.45) is 11.8 Å². The molecule has 7 rings (SSSR count). The lowest BCUT2D eigenvalue weighted by Gasteiger charge is -2.60. The molecule has 1 aromatic rings. The fraction of sp³-hybridized carbons (Fsp3) is 0.667. The normalized spacial score (nSPS) is 37.1. The molecule has 2 N–H and O–H groups in total. The maximum atomic E-state index is 13.4. The second-order valence-corrected chi connectivity index (χ2v) is 11.4. The summed E-state index contributed by atoms with van der Waals surface area (Å²) in [5, 5.41) is 23.3. The number of phenols is 1. The number of aliphatic hydroxyl groups is 1. The number of rotatable bonds is 4. The van der Waals surface area contributed by atoms with Crippen LogP contribution < -0.4 is 4.74 Å². The molecule has 1 aromatic carbocycles. The predicted molar refractivity (Wildman–Crippen MR) is 123 cm³/mol. The summed E-state index contributed by atoms with van der Waals surface area (Å²) in [6, 6.07) is 3.78. The zero-order valence-corrected chi connectivity index (χ0v) is 19.2. The highest BCUT2D eigenvalue weighted by Gasteiger charge is 2.71. The Morgan fingerprint density at radius 2 is 1.97 bits per heavy atom. The third-order valence-corrected chi connectivity index (χ3v) is 9.80. The minimum Gasteiger partial charge on any atom is -0.504 e. The molecule has 1 saturated carbocycles. The highest BCUT2D eigenvalue weighted by atomic mass is 16.5. The van der Waals surface area contributed by atoms with Crippen LogP contribution in [0.5, 0.6) is 11.5 Å². The van der Waals surface area contributed by atoms with Crippen molar-refractivity contribution in [3.63, 3.8) is 0 Å². The van der Waals surface area contributed by atoms with Gasteiger partial charge in [-0.25, -0.2) is 0 Å². The largest absolute Gasteiger partial charge is 0.504 e. The van der Waals surface area contributed by atoms with Crippen LogP contribution in [0.2, 0.25) is 0 Å². The van der Waals surface area contributed by atoms with Crippen LogP contribution in [0.15, 0.2) is 24.3 Å². The van der Waals surface area contributed by atoms with Crippen LogP contribution >= 0.6 is 0 Å². The van der Waals surface area contributed by atoms with Crippen LogP contribution in [0, 0.1) is 11.8 Å². The van der Waals surface area contributed by atoms with Crippen LogP contribution in [0.1, 0.15) is 56.1 Å². The molecule has 0 aromatic heterocycles. The van der Waals surface area contributed by atoms with Gasteiger partial charge >= 0.3 is 0 Å². The standard InChI is InChI=1S/C27H34N2O4/c30-20-8-7-19-14-21-27(32)10-12-29(23(31)13-17-3-1-2-4-17)16-22-26(27,24(19)25(20)33-22)9-11-28(21)15-18-5-6-18/h5-8,17-18,21-22,30,32H,1-4,9-16H2/t21?,22-,26?,27?/m0/s1. The summed E-state index contributed by atoms with van der Waals surface area (Å²) in [5.74, 6) is 1.94. The monoisotopic (exact) mass is 450 g/mol.